The molecule has 1 aliphatic carbocycles. The van der Waals surface area contributed by atoms with E-state index in [0.29, 0.717) is 11.8 Å². The van der Waals surface area contributed by atoms with E-state index < -0.39 is 6.10 Å². The maximum atomic E-state index is 10.6. The summed E-state index contributed by atoms with van der Waals surface area (Å²) < 4.78 is 7.83. The first-order valence-corrected chi connectivity index (χ1v) is 6.92. The fraction of sp³-hybridized carbons (Fsp3) is 0.312. The Hall–Kier alpha value is -2.07. The van der Waals surface area contributed by atoms with Gasteiger partial charge in [0.2, 0.25) is 0 Å². The fourth-order valence-electron chi connectivity index (χ4n) is 2.65. The molecule has 0 amide bonds. The van der Waals surface area contributed by atoms with Gasteiger partial charge in [0.05, 0.1) is 18.2 Å². The van der Waals surface area contributed by atoms with Gasteiger partial charge in [-0.2, -0.15) is 0 Å². The van der Waals surface area contributed by atoms with E-state index in [1.807, 2.05) is 25.1 Å². The third kappa shape index (κ3) is 1.84. The predicted molar refractivity (Wildman–Crippen MR) is 75.5 cm³/mol. The van der Waals surface area contributed by atoms with Crippen molar-refractivity contribution >= 4 is 11.0 Å². The van der Waals surface area contributed by atoms with Gasteiger partial charge in [-0.1, -0.05) is 11.6 Å². The number of rotatable bonds is 3. The number of nitrogens with zero attached hydrogens (tertiary/aromatic N) is 2. The van der Waals surface area contributed by atoms with Gasteiger partial charge in [-0.05, 0) is 38.0 Å². The number of furan rings is 1. The van der Waals surface area contributed by atoms with Crippen LogP contribution in [0.25, 0.3) is 11.0 Å². The second-order valence-electron chi connectivity index (χ2n) is 5.55. The van der Waals surface area contributed by atoms with E-state index in [1.165, 1.54) is 5.56 Å². The first kappa shape index (κ1) is 11.7. The number of fused-ring (bicyclic) bond motifs is 1. The molecule has 102 valence electrons. The summed E-state index contributed by atoms with van der Waals surface area (Å²) in [7, 11) is 0. The smallest absolute Gasteiger partial charge is 0.153 e. The van der Waals surface area contributed by atoms with Gasteiger partial charge >= 0.3 is 0 Å². The van der Waals surface area contributed by atoms with Crippen LogP contribution in [-0.4, -0.2) is 14.7 Å². The van der Waals surface area contributed by atoms with Crippen molar-refractivity contribution in [3.63, 3.8) is 0 Å². The second kappa shape index (κ2) is 4.21. The fourth-order valence-corrected chi connectivity index (χ4v) is 2.65. The molecule has 1 N–H and O–H groups in total. The molecule has 20 heavy (non-hydrogen) atoms. The van der Waals surface area contributed by atoms with Gasteiger partial charge in [0.1, 0.15) is 11.3 Å². The Morgan fingerprint density at radius 3 is 3.00 bits per heavy atom. The van der Waals surface area contributed by atoms with E-state index in [2.05, 4.69) is 15.6 Å². The number of imidazole rings is 1. The lowest BCUT2D eigenvalue weighted by atomic mass is 10.1. The molecule has 1 fully saturated rings. The van der Waals surface area contributed by atoms with Crippen molar-refractivity contribution < 1.29 is 9.52 Å². The Bertz CT molecular complexity index is 768. The van der Waals surface area contributed by atoms with Crippen LogP contribution in [0.5, 0.6) is 0 Å². The Balaban J connectivity index is 1.75. The zero-order valence-corrected chi connectivity index (χ0v) is 11.3. The SMILES string of the molecule is Cc1ccc2oc(C(O)c3cncn3C3CC3)cc2c1. The molecule has 0 spiro atoms. The van der Waals surface area contributed by atoms with Crippen LogP contribution in [0.2, 0.25) is 0 Å². The van der Waals surface area contributed by atoms with Gasteiger partial charge in [0.25, 0.3) is 0 Å². The molecule has 0 aliphatic heterocycles. The van der Waals surface area contributed by atoms with E-state index in [1.54, 1.807) is 12.5 Å². The molecule has 0 bridgehead atoms. The lowest BCUT2D eigenvalue weighted by Crippen LogP contribution is -2.06. The molecular weight excluding hydrogens is 252 g/mol. The molecule has 1 aromatic carbocycles. The number of aryl methyl sites for hydroxylation is 1. The van der Waals surface area contributed by atoms with Crippen molar-refractivity contribution in [3.8, 4) is 0 Å². The average molecular weight is 268 g/mol. The van der Waals surface area contributed by atoms with Crippen molar-refractivity contribution in [2.24, 2.45) is 0 Å². The molecule has 4 rings (SSSR count). The number of aliphatic hydroxyl groups is 1. The number of hydrogen-bond donors (Lipinski definition) is 1. The summed E-state index contributed by atoms with van der Waals surface area (Å²) in [6.07, 6.45) is 5.08. The summed E-state index contributed by atoms with van der Waals surface area (Å²) in [5, 5.41) is 11.6. The van der Waals surface area contributed by atoms with Gasteiger partial charge in [-0.15, -0.1) is 0 Å². The van der Waals surface area contributed by atoms with Crippen LogP contribution >= 0.6 is 0 Å². The van der Waals surface area contributed by atoms with Crippen molar-refractivity contribution in [2.75, 3.05) is 0 Å². The van der Waals surface area contributed by atoms with Gasteiger partial charge < -0.3 is 14.1 Å². The van der Waals surface area contributed by atoms with Crippen LogP contribution in [0.15, 0.2) is 41.2 Å². The lowest BCUT2D eigenvalue weighted by molar-refractivity contribution is 0.183. The van der Waals surface area contributed by atoms with Gasteiger partial charge in [-0.3, -0.25) is 0 Å². The highest BCUT2D eigenvalue weighted by Gasteiger charge is 2.28. The maximum absolute atomic E-state index is 10.6. The average Bonchev–Trinajstić information content (AvgIpc) is 3.02. The third-order valence-electron chi connectivity index (χ3n) is 3.88. The Kier molecular flexibility index (Phi) is 2.47. The zero-order chi connectivity index (χ0) is 13.7. The highest BCUT2D eigenvalue weighted by Crippen LogP contribution is 2.38. The normalized spacial score (nSPS) is 16.7. The summed E-state index contributed by atoms with van der Waals surface area (Å²) in [5.41, 5.74) is 2.80. The summed E-state index contributed by atoms with van der Waals surface area (Å²) >= 11 is 0. The van der Waals surface area contributed by atoms with E-state index in [-0.39, 0.29) is 0 Å². The minimum Gasteiger partial charge on any atom is -0.458 e. The van der Waals surface area contributed by atoms with E-state index in [9.17, 15) is 5.11 Å². The van der Waals surface area contributed by atoms with Gasteiger partial charge in [0, 0.05) is 11.4 Å². The van der Waals surface area contributed by atoms with Crippen LogP contribution in [0.3, 0.4) is 0 Å². The largest absolute Gasteiger partial charge is 0.458 e. The number of hydrogen-bond acceptors (Lipinski definition) is 3. The summed E-state index contributed by atoms with van der Waals surface area (Å²) in [5.74, 6) is 0.577. The molecule has 4 nitrogen and oxygen atoms in total. The highest BCUT2D eigenvalue weighted by atomic mass is 16.4. The summed E-state index contributed by atoms with van der Waals surface area (Å²) in [6, 6.07) is 8.42. The van der Waals surface area contributed by atoms with Crippen LogP contribution in [0.4, 0.5) is 0 Å². The summed E-state index contributed by atoms with van der Waals surface area (Å²) in [4.78, 5) is 4.16. The molecule has 3 aromatic rings. The first-order chi connectivity index (χ1) is 9.72. The molecule has 0 saturated heterocycles. The number of aliphatic hydroxyl groups excluding tert-OH is 1. The quantitative estimate of drug-likeness (QED) is 0.792. The minimum absolute atomic E-state index is 0.494. The molecule has 1 unspecified atom stereocenters. The lowest BCUT2D eigenvalue weighted by Gasteiger charge is -2.10. The number of aromatic nitrogens is 2. The van der Waals surface area contributed by atoms with Crippen LogP contribution in [-0.2, 0) is 0 Å². The van der Waals surface area contributed by atoms with Gasteiger partial charge in [0.15, 0.2) is 6.10 Å². The van der Waals surface area contributed by atoms with Crippen molar-refractivity contribution in [1.82, 2.24) is 9.55 Å². The van der Waals surface area contributed by atoms with Gasteiger partial charge in [-0.25, -0.2) is 4.98 Å². The topological polar surface area (TPSA) is 51.2 Å². The van der Waals surface area contributed by atoms with E-state index in [0.717, 1.165) is 29.5 Å². The molecule has 2 aromatic heterocycles. The molecule has 1 atom stereocenters. The van der Waals surface area contributed by atoms with Crippen molar-refractivity contribution in [1.29, 1.82) is 0 Å². The molecule has 4 heteroatoms. The van der Waals surface area contributed by atoms with Crippen LogP contribution in [0.1, 0.15) is 42.0 Å². The Labute approximate surface area is 116 Å². The van der Waals surface area contributed by atoms with E-state index >= 15 is 0 Å². The number of benzene rings is 1. The summed E-state index contributed by atoms with van der Waals surface area (Å²) in [6.45, 7) is 2.05. The zero-order valence-electron chi connectivity index (χ0n) is 11.3. The first-order valence-electron chi connectivity index (χ1n) is 6.92. The van der Waals surface area contributed by atoms with Crippen molar-refractivity contribution in [2.45, 2.75) is 31.9 Å². The van der Waals surface area contributed by atoms with Crippen LogP contribution in [0, 0.1) is 6.92 Å². The second-order valence-corrected chi connectivity index (χ2v) is 5.55. The Morgan fingerprint density at radius 2 is 2.20 bits per heavy atom. The molecule has 2 heterocycles. The predicted octanol–water partition coefficient (Wildman–Crippen LogP) is 3.35. The molecular formula is C16H16N2O2. The molecule has 1 aliphatic rings. The minimum atomic E-state index is -0.759. The van der Waals surface area contributed by atoms with E-state index in [4.69, 9.17) is 4.42 Å². The standard InChI is InChI=1S/C16H16N2O2/c1-10-2-5-14-11(6-10)7-15(20-14)16(19)13-8-17-9-18(13)12-3-4-12/h2,5-9,12,16,19H,3-4H2,1H3. The Morgan fingerprint density at radius 1 is 1.35 bits per heavy atom. The molecule has 0 radical (unpaired) electrons. The molecule has 1 saturated carbocycles. The van der Waals surface area contributed by atoms with Crippen LogP contribution < -0.4 is 0 Å². The van der Waals surface area contributed by atoms with Crippen molar-refractivity contribution in [3.05, 3.63) is 53.8 Å². The third-order valence-corrected chi connectivity index (χ3v) is 3.88. The maximum Gasteiger partial charge on any atom is 0.153 e. The highest BCUT2D eigenvalue weighted by molar-refractivity contribution is 5.78. The monoisotopic (exact) mass is 268 g/mol.